The van der Waals surface area contributed by atoms with Gasteiger partial charge in [0.1, 0.15) is 0 Å². The van der Waals surface area contributed by atoms with Crippen LogP contribution in [0.25, 0.3) is 0 Å². The van der Waals surface area contributed by atoms with Gasteiger partial charge in [-0.05, 0) is 19.4 Å². The van der Waals surface area contributed by atoms with Gasteiger partial charge < -0.3 is 11.1 Å². The molecule has 2 heteroatoms. The van der Waals surface area contributed by atoms with Crippen LogP contribution >= 0.6 is 0 Å². The summed E-state index contributed by atoms with van der Waals surface area (Å²) in [7, 11) is 1.98. The molecule has 78 valence electrons. The number of nitrogens with two attached hydrogens (primary N) is 1. The highest BCUT2D eigenvalue weighted by atomic mass is 14.9. The first-order chi connectivity index (χ1) is 6.33. The number of likely N-dealkylation sites (N-methyl/N-ethyl adjacent to an activating group) is 1. The first-order valence-corrected chi connectivity index (χ1v) is 5.73. The Bertz CT molecular complexity index is 117. The van der Waals surface area contributed by atoms with E-state index in [0.29, 0.717) is 6.04 Å². The van der Waals surface area contributed by atoms with Crippen molar-refractivity contribution >= 4 is 0 Å². The van der Waals surface area contributed by atoms with Crippen LogP contribution in [-0.2, 0) is 0 Å². The molecule has 13 heavy (non-hydrogen) atoms. The molecular formula is C11H24N2. The second-order valence-corrected chi connectivity index (χ2v) is 4.41. The van der Waals surface area contributed by atoms with Gasteiger partial charge in [0, 0.05) is 12.6 Å². The van der Waals surface area contributed by atoms with Gasteiger partial charge in [-0.1, -0.05) is 38.5 Å². The lowest BCUT2D eigenvalue weighted by molar-refractivity contribution is 0.383. The summed E-state index contributed by atoms with van der Waals surface area (Å²) < 4.78 is 0. The normalized spacial score (nSPS) is 22.6. The predicted molar refractivity (Wildman–Crippen MR) is 57.7 cm³/mol. The molecule has 0 heterocycles. The Kier molecular flexibility index (Phi) is 5.40. The molecule has 3 N–H and O–H groups in total. The molecule has 0 amide bonds. The second-order valence-electron chi connectivity index (χ2n) is 4.41. The zero-order valence-corrected chi connectivity index (χ0v) is 8.89. The minimum Gasteiger partial charge on any atom is -0.327 e. The fourth-order valence-electron chi connectivity index (χ4n) is 2.37. The second kappa shape index (κ2) is 6.39. The molecule has 0 radical (unpaired) electrons. The molecule has 0 aliphatic heterocycles. The third-order valence-electron chi connectivity index (χ3n) is 3.08. The third kappa shape index (κ3) is 4.63. The molecule has 0 aromatic rings. The summed E-state index contributed by atoms with van der Waals surface area (Å²) in [4.78, 5) is 0. The van der Waals surface area contributed by atoms with E-state index in [1.54, 1.807) is 0 Å². The lowest BCUT2D eigenvalue weighted by Crippen LogP contribution is -2.33. The number of hydrogen-bond acceptors (Lipinski definition) is 2. The van der Waals surface area contributed by atoms with Crippen LogP contribution in [-0.4, -0.2) is 19.6 Å². The molecule has 1 aliphatic carbocycles. The molecule has 1 atom stereocenters. The molecule has 1 unspecified atom stereocenters. The third-order valence-corrected chi connectivity index (χ3v) is 3.08. The first kappa shape index (κ1) is 11.0. The molecule has 1 saturated carbocycles. The Balaban J connectivity index is 2.17. The zero-order valence-electron chi connectivity index (χ0n) is 8.89. The van der Waals surface area contributed by atoms with E-state index in [9.17, 15) is 0 Å². The van der Waals surface area contributed by atoms with Gasteiger partial charge in [-0.15, -0.1) is 0 Å². The fourth-order valence-corrected chi connectivity index (χ4v) is 2.37. The topological polar surface area (TPSA) is 38.0 Å². The molecule has 1 rings (SSSR count). The SMILES string of the molecule is CNCC(N)CC1CCCCCC1. The van der Waals surface area contributed by atoms with Crippen LogP contribution in [0.1, 0.15) is 44.9 Å². The fraction of sp³-hybridized carbons (Fsp3) is 1.00. The van der Waals surface area contributed by atoms with E-state index in [0.717, 1.165) is 12.5 Å². The van der Waals surface area contributed by atoms with Crippen molar-refractivity contribution in [3.8, 4) is 0 Å². The summed E-state index contributed by atoms with van der Waals surface area (Å²) in [6.45, 7) is 0.969. The highest BCUT2D eigenvalue weighted by molar-refractivity contribution is 4.72. The summed E-state index contributed by atoms with van der Waals surface area (Å²) in [6, 6.07) is 0.369. The van der Waals surface area contributed by atoms with Crippen LogP contribution in [0.2, 0.25) is 0 Å². The van der Waals surface area contributed by atoms with Crippen LogP contribution in [0.3, 0.4) is 0 Å². The van der Waals surface area contributed by atoms with E-state index in [1.807, 2.05) is 7.05 Å². The van der Waals surface area contributed by atoms with Crippen LogP contribution in [0, 0.1) is 5.92 Å². The molecule has 2 nitrogen and oxygen atoms in total. The van der Waals surface area contributed by atoms with Crippen molar-refractivity contribution in [2.45, 2.75) is 51.0 Å². The number of rotatable bonds is 4. The molecule has 1 aliphatic rings. The molecule has 0 bridgehead atoms. The largest absolute Gasteiger partial charge is 0.327 e. The van der Waals surface area contributed by atoms with Crippen LogP contribution in [0.15, 0.2) is 0 Å². The maximum absolute atomic E-state index is 6.00. The highest BCUT2D eigenvalue weighted by Crippen LogP contribution is 2.25. The van der Waals surface area contributed by atoms with Crippen molar-refractivity contribution < 1.29 is 0 Å². The van der Waals surface area contributed by atoms with Crippen molar-refractivity contribution in [2.75, 3.05) is 13.6 Å². The van der Waals surface area contributed by atoms with Crippen molar-refractivity contribution in [1.82, 2.24) is 5.32 Å². The van der Waals surface area contributed by atoms with Crippen LogP contribution < -0.4 is 11.1 Å². The average Bonchev–Trinajstić information content (AvgIpc) is 2.33. The molecule has 0 aromatic carbocycles. The molecule has 0 saturated heterocycles. The monoisotopic (exact) mass is 184 g/mol. The van der Waals surface area contributed by atoms with Crippen molar-refractivity contribution in [3.63, 3.8) is 0 Å². The van der Waals surface area contributed by atoms with Crippen molar-refractivity contribution in [3.05, 3.63) is 0 Å². The minimum atomic E-state index is 0.369. The molecule has 0 aromatic heterocycles. The Morgan fingerprint density at radius 2 is 1.85 bits per heavy atom. The summed E-state index contributed by atoms with van der Waals surface area (Å²) >= 11 is 0. The van der Waals surface area contributed by atoms with Crippen molar-refractivity contribution in [1.29, 1.82) is 0 Å². The minimum absolute atomic E-state index is 0.369. The standard InChI is InChI=1S/C11H24N2/c1-13-9-11(12)8-10-6-4-2-3-5-7-10/h10-11,13H,2-9,12H2,1H3. The smallest absolute Gasteiger partial charge is 0.0167 e. The number of hydrogen-bond donors (Lipinski definition) is 2. The van der Waals surface area contributed by atoms with Gasteiger partial charge in [0.25, 0.3) is 0 Å². The molecular weight excluding hydrogens is 160 g/mol. The van der Waals surface area contributed by atoms with Crippen LogP contribution in [0.5, 0.6) is 0 Å². The summed E-state index contributed by atoms with van der Waals surface area (Å²) in [5, 5.41) is 3.15. The Hall–Kier alpha value is -0.0800. The molecule has 0 spiro atoms. The van der Waals surface area contributed by atoms with Gasteiger partial charge in [0.05, 0.1) is 0 Å². The van der Waals surface area contributed by atoms with E-state index in [4.69, 9.17) is 5.73 Å². The van der Waals surface area contributed by atoms with Gasteiger partial charge in [-0.25, -0.2) is 0 Å². The van der Waals surface area contributed by atoms with E-state index in [1.165, 1.54) is 44.9 Å². The lowest BCUT2D eigenvalue weighted by Gasteiger charge is -2.18. The summed E-state index contributed by atoms with van der Waals surface area (Å²) in [6.07, 6.45) is 9.79. The Morgan fingerprint density at radius 1 is 1.23 bits per heavy atom. The Labute approximate surface area is 82.3 Å². The maximum Gasteiger partial charge on any atom is 0.0167 e. The van der Waals surface area contributed by atoms with Gasteiger partial charge in [0.2, 0.25) is 0 Å². The van der Waals surface area contributed by atoms with E-state index >= 15 is 0 Å². The predicted octanol–water partition coefficient (Wildman–Crippen LogP) is 1.89. The first-order valence-electron chi connectivity index (χ1n) is 5.73. The van der Waals surface area contributed by atoms with Gasteiger partial charge >= 0.3 is 0 Å². The van der Waals surface area contributed by atoms with Crippen LogP contribution in [0.4, 0.5) is 0 Å². The number of nitrogens with one attached hydrogen (secondary N) is 1. The highest BCUT2D eigenvalue weighted by Gasteiger charge is 2.14. The average molecular weight is 184 g/mol. The summed E-state index contributed by atoms with van der Waals surface area (Å²) in [5.74, 6) is 0.908. The van der Waals surface area contributed by atoms with E-state index < -0.39 is 0 Å². The Morgan fingerprint density at radius 3 is 2.38 bits per heavy atom. The molecule has 1 fully saturated rings. The van der Waals surface area contributed by atoms with Crippen molar-refractivity contribution in [2.24, 2.45) is 11.7 Å². The van der Waals surface area contributed by atoms with E-state index in [2.05, 4.69) is 5.32 Å². The quantitative estimate of drug-likeness (QED) is 0.655. The lowest BCUT2D eigenvalue weighted by atomic mass is 9.93. The zero-order chi connectivity index (χ0) is 9.52. The van der Waals surface area contributed by atoms with Gasteiger partial charge in [-0.2, -0.15) is 0 Å². The summed E-state index contributed by atoms with van der Waals surface area (Å²) in [5.41, 5.74) is 6.00. The maximum atomic E-state index is 6.00. The van der Waals surface area contributed by atoms with Gasteiger partial charge in [0.15, 0.2) is 0 Å². The van der Waals surface area contributed by atoms with Gasteiger partial charge in [-0.3, -0.25) is 0 Å². The van der Waals surface area contributed by atoms with E-state index in [-0.39, 0.29) is 0 Å².